The molecule has 1 saturated heterocycles. The maximum Gasteiger partial charge on any atom is 0.191 e. The van der Waals surface area contributed by atoms with Gasteiger partial charge in [0.05, 0.1) is 6.10 Å². The van der Waals surface area contributed by atoms with Crippen molar-refractivity contribution in [2.24, 2.45) is 0 Å². The predicted octanol–water partition coefficient (Wildman–Crippen LogP) is 3.03. The van der Waals surface area contributed by atoms with Crippen molar-refractivity contribution in [2.75, 3.05) is 42.7 Å². The first-order valence-electron chi connectivity index (χ1n) is 7.80. The highest BCUT2D eigenvalue weighted by Gasteiger charge is 2.20. The molecular formula is C15H26N4OS. The van der Waals surface area contributed by atoms with E-state index in [2.05, 4.69) is 34.0 Å². The van der Waals surface area contributed by atoms with E-state index in [0.717, 1.165) is 55.9 Å². The summed E-state index contributed by atoms with van der Waals surface area (Å²) in [6.07, 6.45) is 5.76. The molecule has 6 heteroatoms. The first kappa shape index (κ1) is 16.4. The SMILES string of the molecule is CCCNc1cc(N(CC)CC2CCCO2)nc(SC)n1. The van der Waals surface area contributed by atoms with E-state index < -0.39 is 0 Å². The van der Waals surface area contributed by atoms with Crippen LogP contribution >= 0.6 is 11.8 Å². The summed E-state index contributed by atoms with van der Waals surface area (Å²) in [6, 6.07) is 2.05. The lowest BCUT2D eigenvalue weighted by atomic mass is 10.2. The van der Waals surface area contributed by atoms with Gasteiger partial charge in [0, 0.05) is 32.3 Å². The lowest BCUT2D eigenvalue weighted by molar-refractivity contribution is 0.115. The summed E-state index contributed by atoms with van der Waals surface area (Å²) in [4.78, 5) is 11.5. The van der Waals surface area contributed by atoms with Crippen molar-refractivity contribution in [2.45, 2.75) is 44.4 Å². The third kappa shape index (κ3) is 4.74. The van der Waals surface area contributed by atoms with Crippen molar-refractivity contribution in [3.8, 4) is 0 Å². The van der Waals surface area contributed by atoms with Gasteiger partial charge in [-0.1, -0.05) is 18.7 Å². The van der Waals surface area contributed by atoms with Crippen LogP contribution in [0.1, 0.15) is 33.1 Å². The predicted molar refractivity (Wildman–Crippen MR) is 89.5 cm³/mol. The molecule has 1 aromatic rings. The summed E-state index contributed by atoms with van der Waals surface area (Å²) in [6.45, 7) is 7.98. The minimum Gasteiger partial charge on any atom is -0.376 e. The maximum absolute atomic E-state index is 5.75. The van der Waals surface area contributed by atoms with Crippen LogP contribution in [0.15, 0.2) is 11.2 Å². The van der Waals surface area contributed by atoms with Crippen LogP contribution in [-0.4, -0.2) is 48.6 Å². The van der Waals surface area contributed by atoms with Crippen LogP contribution in [0, 0.1) is 0 Å². The van der Waals surface area contributed by atoms with Gasteiger partial charge >= 0.3 is 0 Å². The average Bonchev–Trinajstić information content (AvgIpc) is 3.03. The molecule has 2 rings (SSSR count). The molecular weight excluding hydrogens is 284 g/mol. The van der Waals surface area contributed by atoms with Crippen molar-refractivity contribution in [3.63, 3.8) is 0 Å². The summed E-state index contributed by atoms with van der Waals surface area (Å²) in [5.74, 6) is 1.91. The Morgan fingerprint density at radius 3 is 2.90 bits per heavy atom. The van der Waals surface area contributed by atoms with Crippen LogP contribution in [0.3, 0.4) is 0 Å². The molecule has 1 fully saturated rings. The van der Waals surface area contributed by atoms with Gasteiger partial charge in [0.2, 0.25) is 0 Å². The Morgan fingerprint density at radius 1 is 1.43 bits per heavy atom. The van der Waals surface area contributed by atoms with Gasteiger partial charge in [0.25, 0.3) is 0 Å². The zero-order chi connectivity index (χ0) is 15.1. The molecule has 0 aliphatic carbocycles. The first-order valence-corrected chi connectivity index (χ1v) is 9.02. The Hall–Kier alpha value is -1.01. The highest BCUT2D eigenvalue weighted by atomic mass is 32.2. The molecule has 1 atom stereocenters. The van der Waals surface area contributed by atoms with Gasteiger partial charge in [-0.05, 0) is 32.4 Å². The Bertz CT molecular complexity index is 438. The zero-order valence-corrected chi connectivity index (χ0v) is 14.1. The van der Waals surface area contributed by atoms with E-state index in [0.29, 0.717) is 6.10 Å². The Labute approximate surface area is 131 Å². The second-order valence-electron chi connectivity index (χ2n) is 5.20. The van der Waals surface area contributed by atoms with Crippen LogP contribution < -0.4 is 10.2 Å². The molecule has 1 N–H and O–H groups in total. The van der Waals surface area contributed by atoms with E-state index in [-0.39, 0.29) is 0 Å². The number of hydrogen-bond donors (Lipinski definition) is 1. The van der Waals surface area contributed by atoms with Crippen LogP contribution in [0.4, 0.5) is 11.6 Å². The number of nitrogens with zero attached hydrogens (tertiary/aromatic N) is 3. The molecule has 0 saturated carbocycles. The van der Waals surface area contributed by atoms with Crippen LogP contribution in [0.2, 0.25) is 0 Å². The van der Waals surface area contributed by atoms with E-state index in [1.54, 1.807) is 11.8 Å². The number of aromatic nitrogens is 2. The maximum atomic E-state index is 5.75. The molecule has 2 heterocycles. The van der Waals surface area contributed by atoms with Crippen molar-refractivity contribution in [1.82, 2.24) is 9.97 Å². The Kier molecular flexibility index (Phi) is 6.57. The number of nitrogens with one attached hydrogen (secondary N) is 1. The molecule has 0 bridgehead atoms. The van der Waals surface area contributed by atoms with Crippen LogP contribution in [-0.2, 0) is 4.74 Å². The van der Waals surface area contributed by atoms with Crippen molar-refractivity contribution in [3.05, 3.63) is 6.07 Å². The van der Waals surface area contributed by atoms with Crippen LogP contribution in [0.5, 0.6) is 0 Å². The molecule has 0 amide bonds. The van der Waals surface area contributed by atoms with Gasteiger partial charge in [-0.2, -0.15) is 0 Å². The van der Waals surface area contributed by atoms with Crippen molar-refractivity contribution >= 4 is 23.4 Å². The Balaban J connectivity index is 2.13. The number of hydrogen-bond acceptors (Lipinski definition) is 6. The van der Waals surface area contributed by atoms with E-state index >= 15 is 0 Å². The van der Waals surface area contributed by atoms with Gasteiger partial charge in [-0.25, -0.2) is 9.97 Å². The minimum atomic E-state index is 0.338. The lowest BCUT2D eigenvalue weighted by Gasteiger charge is -2.25. The Morgan fingerprint density at radius 2 is 2.29 bits per heavy atom. The topological polar surface area (TPSA) is 50.3 Å². The molecule has 0 spiro atoms. The molecule has 0 radical (unpaired) electrons. The summed E-state index contributed by atoms with van der Waals surface area (Å²) in [5.41, 5.74) is 0. The molecule has 1 aliphatic rings. The van der Waals surface area contributed by atoms with Gasteiger partial charge in [-0.15, -0.1) is 0 Å². The van der Waals surface area contributed by atoms with E-state index in [1.807, 2.05) is 12.3 Å². The van der Waals surface area contributed by atoms with Gasteiger partial charge in [-0.3, -0.25) is 0 Å². The first-order chi connectivity index (χ1) is 10.3. The molecule has 1 aromatic heterocycles. The number of likely N-dealkylation sites (N-methyl/N-ethyl adjacent to an activating group) is 1. The third-order valence-corrected chi connectivity index (χ3v) is 4.13. The van der Waals surface area contributed by atoms with Crippen molar-refractivity contribution in [1.29, 1.82) is 0 Å². The van der Waals surface area contributed by atoms with Crippen molar-refractivity contribution < 1.29 is 4.74 Å². The fourth-order valence-corrected chi connectivity index (χ4v) is 2.80. The minimum absolute atomic E-state index is 0.338. The molecule has 0 aromatic carbocycles. The van der Waals surface area contributed by atoms with Gasteiger partial charge in [0.15, 0.2) is 5.16 Å². The second-order valence-corrected chi connectivity index (χ2v) is 5.97. The number of thioether (sulfide) groups is 1. The lowest BCUT2D eigenvalue weighted by Crippen LogP contribution is -2.32. The van der Waals surface area contributed by atoms with Gasteiger partial charge in [0.1, 0.15) is 11.6 Å². The third-order valence-electron chi connectivity index (χ3n) is 3.58. The zero-order valence-electron chi connectivity index (χ0n) is 13.3. The number of ether oxygens (including phenoxy) is 1. The highest BCUT2D eigenvalue weighted by molar-refractivity contribution is 7.98. The van der Waals surface area contributed by atoms with E-state index in [4.69, 9.17) is 4.74 Å². The molecule has 1 aliphatic heterocycles. The average molecular weight is 310 g/mol. The largest absolute Gasteiger partial charge is 0.376 e. The van der Waals surface area contributed by atoms with E-state index in [9.17, 15) is 0 Å². The molecule has 118 valence electrons. The summed E-state index contributed by atoms with van der Waals surface area (Å²) < 4.78 is 5.75. The quantitative estimate of drug-likeness (QED) is 0.588. The standard InChI is InChI=1S/C15H26N4OS/c1-4-8-16-13-10-14(18-15(17-13)21-3)19(5-2)11-12-7-6-9-20-12/h10,12H,4-9,11H2,1-3H3,(H,16,17,18). The van der Waals surface area contributed by atoms with Gasteiger partial charge < -0.3 is 15.0 Å². The van der Waals surface area contributed by atoms with E-state index in [1.165, 1.54) is 6.42 Å². The molecule has 5 nitrogen and oxygen atoms in total. The monoisotopic (exact) mass is 310 g/mol. The highest BCUT2D eigenvalue weighted by Crippen LogP contribution is 2.22. The normalized spacial score (nSPS) is 18.0. The van der Waals surface area contributed by atoms with Crippen LogP contribution in [0.25, 0.3) is 0 Å². The fraction of sp³-hybridized carbons (Fsp3) is 0.733. The smallest absolute Gasteiger partial charge is 0.191 e. The number of anilines is 2. The summed E-state index contributed by atoms with van der Waals surface area (Å²) >= 11 is 1.58. The summed E-state index contributed by atoms with van der Waals surface area (Å²) in [5, 5.41) is 4.18. The fourth-order valence-electron chi connectivity index (χ4n) is 2.43. The molecule has 21 heavy (non-hydrogen) atoms. The number of rotatable bonds is 8. The molecule has 1 unspecified atom stereocenters. The second kappa shape index (κ2) is 8.44. The summed E-state index contributed by atoms with van der Waals surface area (Å²) in [7, 11) is 0.